The summed E-state index contributed by atoms with van der Waals surface area (Å²) in [6.45, 7) is 13.7. The van der Waals surface area contributed by atoms with Gasteiger partial charge in [0, 0.05) is 67.0 Å². The summed E-state index contributed by atoms with van der Waals surface area (Å²) in [6, 6.07) is 4.53. The quantitative estimate of drug-likeness (QED) is 0.196. The largest absolute Gasteiger partial charge is 0.454 e. The highest BCUT2D eigenvalue weighted by atomic mass is 35.5. The average Bonchev–Trinajstić information content (AvgIpc) is 3.53. The van der Waals surface area contributed by atoms with Crippen molar-refractivity contribution in [1.82, 2.24) is 10.2 Å². The van der Waals surface area contributed by atoms with E-state index >= 15 is 9.59 Å². The Labute approximate surface area is 372 Å². The zero-order valence-corrected chi connectivity index (χ0v) is 37.9. The molecular weight excluding hydrogens is 832 g/mol. The van der Waals surface area contributed by atoms with Gasteiger partial charge in [0.1, 0.15) is 22.9 Å². The topological polar surface area (TPSA) is 198 Å². The molecule has 4 N–H and O–H groups in total. The lowest BCUT2D eigenvalue weighted by molar-refractivity contribution is -0.116. The fraction of sp³-hybridized carbons (Fsp3) is 0.479. The van der Waals surface area contributed by atoms with Gasteiger partial charge in [0.15, 0.2) is 0 Å². The number of halogens is 1. The Kier molecular flexibility index (Phi) is 14.2. The fourth-order valence-corrected chi connectivity index (χ4v) is 8.87. The number of nitrogens with zero attached hydrogens (tertiary/aromatic N) is 1. The first kappa shape index (κ1) is 47.4. The highest BCUT2D eigenvalue weighted by Gasteiger charge is 2.53. The number of ether oxygens (including phenoxy) is 4. The molecule has 2 aromatic rings. The molecular formula is C48H57ClN2O12. The van der Waals surface area contributed by atoms with Crippen molar-refractivity contribution in [2.45, 2.75) is 105 Å². The molecule has 1 saturated heterocycles. The lowest BCUT2D eigenvalue weighted by atomic mass is 9.78. The summed E-state index contributed by atoms with van der Waals surface area (Å²) in [6.07, 6.45) is 5.52. The van der Waals surface area contributed by atoms with Crippen LogP contribution in [-0.4, -0.2) is 99.8 Å². The number of aliphatic hydroxyl groups is 3. The van der Waals surface area contributed by atoms with Crippen molar-refractivity contribution in [3.8, 4) is 11.5 Å². The Morgan fingerprint density at radius 3 is 2.17 bits per heavy atom. The molecule has 4 aliphatic heterocycles. The number of rotatable bonds is 4. The molecule has 1 fully saturated rings. The third kappa shape index (κ3) is 9.01. The predicted molar refractivity (Wildman–Crippen MR) is 234 cm³/mol. The first-order valence-electron chi connectivity index (χ1n) is 21.3. The van der Waals surface area contributed by atoms with Crippen molar-refractivity contribution in [3.05, 3.63) is 104 Å². The van der Waals surface area contributed by atoms with Crippen LogP contribution in [0, 0.1) is 37.5 Å². The summed E-state index contributed by atoms with van der Waals surface area (Å²) in [5.74, 6) is -9.26. The second-order valence-electron chi connectivity index (χ2n) is 17.3. The van der Waals surface area contributed by atoms with Gasteiger partial charge in [-0.1, -0.05) is 63.6 Å². The van der Waals surface area contributed by atoms with Crippen molar-refractivity contribution in [3.63, 3.8) is 0 Å². The van der Waals surface area contributed by atoms with Crippen LogP contribution in [0.4, 0.5) is 0 Å². The van der Waals surface area contributed by atoms with Gasteiger partial charge in [-0.25, -0.2) is 4.79 Å². The van der Waals surface area contributed by atoms with E-state index in [1.165, 1.54) is 58.4 Å². The van der Waals surface area contributed by atoms with Crippen LogP contribution in [-0.2, 0) is 14.3 Å². The Hall–Kier alpha value is -5.12. The molecule has 1 aliphatic carbocycles. The van der Waals surface area contributed by atoms with E-state index in [9.17, 15) is 29.7 Å². The maximum absolute atomic E-state index is 15.2. The molecule has 0 saturated carbocycles. The number of esters is 1. The molecule has 5 aliphatic rings. The van der Waals surface area contributed by atoms with Crippen molar-refractivity contribution < 1.29 is 58.2 Å². The van der Waals surface area contributed by atoms with Gasteiger partial charge >= 0.3 is 11.8 Å². The van der Waals surface area contributed by atoms with Crippen molar-refractivity contribution in [2.75, 3.05) is 20.2 Å². The SMILES string of the molecule is CO[C@H]1/C=C/O[C@@]2(C)Oc3c(C)c(OC(=O)c4ccc(C)c(Cl)c4)c4c(c3C2=O)C(=O)C(N2CCCCC2)=C(NC(=O)/C(C)=C\C=C\[C@H](C)[C@H](O)[C@@H](C)[C@H](O)[C@H](C)[C@H](O)[C@@H]1C)C4=O. The minimum Gasteiger partial charge on any atom is -0.454 e. The van der Waals surface area contributed by atoms with Crippen LogP contribution in [0.2, 0.25) is 5.02 Å². The van der Waals surface area contributed by atoms with E-state index in [-0.39, 0.29) is 55.7 Å². The number of ketones is 3. The van der Waals surface area contributed by atoms with E-state index in [0.717, 1.165) is 6.42 Å². The second kappa shape index (κ2) is 18.9. The van der Waals surface area contributed by atoms with Crippen molar-refractivity contribution >= 4 is 40.8 Å². The third-order valence-electron chi connectivity index (χ3n) is 12.9. The molecule has 0 aromatic heterocycles. The smallest absolute Gasteiger partial charge is 0.343 e. The second-order valence-corrected chi connectivity index (χ2v) is 17.7. The van der Waals surface area contributed by atoms with Crippen molar-refractivity contribution in [1.29, 1.82) is 0 Å². The Morgan fingerprint density at radius 1 is 0.873 bits per heavy atom. The molecule has 63 heavy (non-hydrogen) atoms. The van der Waals surface area contributed by atoms with Crippen LogP contribution >= 0.6 is 11.6 Å². The lowest BCUT2D eigenvalue weighted by Gasteiger charge is -2.36. The van der Waals surface area contributed by atoms with Gasteiger partial charge in [-0.3, -0.25) is 19.2 Å². The van der Waals surface area contributed by atoms with E-state index in [4.69, 9.17) is 30.5 Å². The van der Waals surface area contributed by atoms with Gasteiger partial charge in [0.2, 0.25) is 11.6 Å². The van der Waals surface area contributed by atoms with Gasteiger partial charge in [-0.2, -0.15) is 0 Å². The standard InChI is InChI=1S/C48H57ClN2O12/c1-23-16-17-30(22-31(23)49)47(59)62-43-29(7)44-35-33-34(43)41(55)36(37(42(33)56)51-19-11-10-12-20-51)50-46(58)25(3)15-13-14-24(2)38(52)27(5)40(54)28(6)39(53)26(4)32(60-9)18-21-61-48(8,63-44)45(35)57/h13-18,21-22,24,26-28,32,38-40,52-54H,10-12,19-20H2,1-9H3,(H,50,58)/b14-13+,21-18+,25-15-/t24-,26+,27+,28+,32-,38-,39+,40-,48-/m0/s1. The van der Waals surface area contributed by atoms with Crippen LogP contribution in [0.3, 0.4) is 0 Å². The Bertz CT molecular complexity index is 2330. The highest BCUT2D eigenvalue weighted by molar-refractivity contribution is 6.33. The van der Waals surface area contributed by atoms with Crippen LogP contribution < -0.4 is 14.8 Å². The van der Waals surface area contributed by atoms with Crippen LogP contribution in [0.5, 0.6) is 11.5 Å². The number of benzene rings is 2. The van der Waals surface area contributed by atoms with E-state index in [1.807, 2.05) is 0 Å². The molecule has 4 heterocycles. The maximum Gasteiger partial charge on any atom is 0.343 e. The van der Waals surface area contributed by atoms with Gasteiger partial charge in [0.25, 0.3) is 11.7 Å². The lowest BCUT2D eigenvalue weighted by Crippen LogP contribution is -2.45. The summed E-state index contributed by atoms with van der Waals surface area (Å²) in [5, 5.41) is 37.0. The molecule has 1 amide bonds. The molecule has 5 bridgehead atoms. The number of hydrogen-bond donors (Lipinski definition) is 4. The number of aliphatic hydroxyl groups excluding tert-OH is 3. The Morgan fingerprint density at radius 2 is 1.52 bits per heavy atom. The van der Waals surface area contributed by atoms with Crippen molar-refractivity contribution in [2.24, 2.45) is 23.7 Å². The molecule has 7 rings (SSSR count). The minimum absolute atomic E-state index is 0.0320. The number of aryl methyl sites for hydroxylation is 1. The first-order chi connectivity index (χ1) is 29.7. The highest BCUT2D eigenvalue weighted by Crippen LogP contribution is 2.50. The zero-order chi connectivity index (χ0) is 46.2. The molecule has 338 valence electrons. The number of amides is 1. The number of methoxy groups -OCH3 is 1. The number of hydrogen-bond acceptors (Lipinski definition) is 13. The molecule has 0 unspecified atom stereocenters. The van der Waals surface area contributed by atoms with E-state index < -0.39 is 88.7 Å². The summed E-state index contributed by atoms with van der Waals surface area (Å²) in [7, 11) is 1.43. The molecule has 14 nitrogen and oxygen atoms in total. The average molecular weight is 889 g/mol. The van der Waals surface area contributed by atoms with Gasteiger partial charge < -0.3 is 44.5 Å². The molecule has 2 aromatic carbocycles. The summed E-state index contributed by atoms with van der Waals surface area (Å²) in [4.78, 5) is 74.7. The van der Waals surface area contributed by atoms with Crippen LogP contribution in [0.1, 0.15) is 113 Å². The third-order valence-corrected chi connectivity index (χ3v) is 13.3. The molecule has 15 heteroatoms. The number of carbonyl (C=O) groups is 5. The monoisotopic (exact) mass is 888 g/mol. The predicted octanol–water partition coefficient (Wildman–Crippen LogP) is 6.35. The molecule has 0 radical (unpaired) electrons. The van der Waals surface area contributed by atoms with E-state index in [0.29, 0.717) is 31.5 Å². The molecule has 0 spiro atoms. The fourth-order valence-electron chi connectivity index (χ4n) is 8.69. The minimum atomic E-state index is -2.12. The number of carbonyl (C=O) groups excluding carboxylic acids is 5. The van der Waals surface area contributed by atoms with E-state index in [2.05, 4.69) is 5.32 Å². The zero-order valence-electron chi connectivity index (χ0n) is 37.1. The van der Waals surface area contributed by atoms with Crippen LogP contribution in [0.15, 0.2) is 65.7 Å². The Balaban J connectivity index is 1.55. The molecule has 9 atom stereocenters. The summed E-state index contributed by atoms with van der Waals surface area (Å²) >= 11 is 6.36. The normalized spacial score (nSPS) is 31.4. The van der Waals surface area contributed by atoms with Gasteiger partial charge in [0.05, 0.1) is 52.9 Å². The number of nitrogens with one attached hydrogen (secondary N) is 1. The number of likely N-dealkylation sites (tertiary alicyclic amines) is 1. The number of allylic oxidation sites excluding steroid dienone is 4. The van der Waals surface area contributed by atoms with Crippen LogP contribution in [0.25, 0.3) is 0 Å². The number of Topliss-reactive ketones (excluding diaryl/α,β-unsaturated/α-hetero) is 3. The number of fused-ring (bicyclic) bond motifs is 14. The summed E-state index contributed by atoms with van der Waals surface area (Å²) < 4.78 is 24.0. The van der Waals surface area contributed by atoms with E-state index in [1.54, 1.807) is 57.7 Å². The summed E-state index contributed by atoms with van der Waals surface area (Å²) in [5.41, 5.74) is -0.596. The maximum atomic E-state index is 15.2. The first-order valence-corrected chi connectivity index (χ1v) is 21.7. The van der Waals surface area contributed by atoms with Gasteiger partial charge in [-0.15, -0.1) is 0 Å². The number of piperidine rings is 1. The van der Waals surface area contributed by atoms with Gasteiger partial charge in [-0.05, 0) is 63.8 Å².